The Bertz CT molecular complexity index is 329. The fraction of sp³-hybridized carbons (Fsp3) is 0.700. The first kappa shape index (κ1) is 10.3. The number of hydrogen-bond donors (Lipinski definition) is 0. The molecule has 5 heteroatoms. The fourth-order valence-electron chi connectivity index (χ4n) is 1.84. The second-order valence-corrected chi connectivity index (χ2v) is 3.98. The van der Waals surface area contributed by atoms with Gasteiger partial charge in [0.25, 0.3) is 0 Å². The van der Waals surface area contributed by atoms with Crippen molar-refractivity contribution >= 4 is 6.29 Å². The summed E-state index contributed by atoms with van der Waals surface area (Å²) in [5.74, 6) is 1.58. The van der Waals surface area contributed by atoms with E-state index in [1.165, 1.54) is 0 Å². The Hall–Kier alpha value is -1.23. The molecular formula is C10H15N3O2. The molecule has 1 aliphatic heterocycles. The van der Waals surface area contributed by atoms with Crippen LogP contribution >= 0.6 is 0 Å². The van der Waals surface area contributed by atoms with Crippen LogP contribution in [0.4, 0.5) is 0 Å². The molecule has 0 spiro atoms. The Labute approximate surface area is 88.5 Å². The number of nitrogens with zero attached hydrogens (tertiary/aromatic N) is 3. The number of carbonyl (C=O) groups is 1. The van der Waals surface area contributed by atoms with Crippen LogP contribution in [-0.2, 0) is 11.3 Å². The minimum atomic E-state index is 0.241. The minimum absolute atomic E-state index is 0.241. The number of aldehydes is 1. The number of hydrogen-bond acceptors (Lipinski definition) is 5. The lowest BCUT2D eigenvalue weighted by Crippen LogP contribution is -2.33. The summed E-state index contributed by atoms with van der Waals surface area (Å²) in [6.07, 6.45) is 2.95. The molecular weight excluding hydrogens is 194 g/mol. The van der Waals surface area contributed by atoms with Crippen LogP contribution in [0.5, 0.6) is 0 Å². The van der Waals surface area contributed by atoms with Crippen molar-refractivity contribution in [3.63, 3.8) is 0 Å². The fourth-order valence-corrected chi connectivity index (χ4v) is 1.84. The van der Waals surface area contributed by atoms with Gasteiger partial charge in [-0.2, -0.15) is 4.98 Å². The topological polar surface area (TPSA) is 59.2 Å². The van der Waals surface area contributed by atoms with Crippen molar-refractivity contribution in [2.24, 2.45) is 5.92 Å². The molecule has 1 aromatic heterocycles. The van der Waals surface area contributed by atoms with Gasteiger partial charge in [0.15, 0.2) is 5.82 Å². The predicted octanol–water partition coefficient (Wildman–Crippen LogP) is 0.789. The summed E-state index contributed by atoms with van der Waals surface area (Å²) in [6.45, 7) is 4.38. The van der Waals surface area contributed by atoms with E-state index in [9.17, 15) is 4.79 Å². The van der Waals surface area contributed by atoms with Crippen LogP contribution in [0.3, 0.4) is 0 Å². The van der Waals surface area contributed by atoms with Gasteiger partial charge < -0.3 is 9.32 Å². The normalized spacial score (nSPS) is 19.3. The Morgan fingerprint density at radius 3 is 2.80 bits per heavy atom. The lowest BCUT2D eigenvalue weighted by atomic mass is 9.99. The third-order valence-corrected chi connectivity index (χ3v) is 2.75. The number of carbonyl (C=O) groups excluding carboxylic acids is 1. The second-order valence-electron chi connectivity index (χ2n) is 3.98. The molecule has 1 saturated heterocycles. The molecule has 15 heavy (non-hydrogen) atoms. The van der Waals surface area contributed by atoms with E-state index in [0.717, 1.165) is 32.2 Å². The summed E-state index contributed by atoms with van der Waals surface area (Å²) in [5, 5.41) is 3.74. The SMILES string of the molecule is Cc1noc(CN2CCC(C=O)CC2)n1. The average molecular weight is 209 g/mol. The summed E-state index contributed by atoms with van der Waals surface area (Å²) >= 11 is 0. The molecule has 0 amide bonds. The van der Waals surface area contributed by atoms with E-state index in [0.29, 0.717) is 18.3 Å². The third kappa shape index (κ3) is 2.62. The maximum atomic E-state index is 10.6. The van der Waals surface area contributed by atoms with Crippen LogP contribution in [0.15, 0.2) is 4.52 Å². The number of aryl methyl sites for hydroxylation is 1. The van der Waals surface area contributed by atoms with Gasteiger partial charge in [0.2, 0.25) is 5.89 Å². The van der Waals surface area contributed by atoms with Gasteiger partial charge in [-0.3, -0.25) is 4.90 Å². The average Bonchev–Trinajstić information content (AvgIpc) is 2.65. The van der Waals surface area contributed by atoms with Crippen LogP contribution in [0.25, 0.3) is 0 Å². The molecule has 0 bridgehead atoms. The highest BCUT2D eigenvalue weighted by Gasteiger charge is 2.19. The summed E-state index contributed by atoms with van der Waals surface area (Å²) in [5.41, 5.74) is 0. The summed E-state index contributed by atoms with van der Waals surface area (Å²) in [7, 11) is 0. The lowest BCUT2D eigenvalue weighted by Gasteiger charge is -2.27. The van der Waals surface area contributed by atoms with Gasteiger partial charge in [-0.15, -0.1) is 0 Å². The van der Waals surface area contributed by atoms with E-state index in [4.69, 9.17) is 4.52 Å². The highest BCUT2D eigenvalue weighted by Crippen LogP contribution is 2.16. The predicted molar refractivity (Wildman–Crippen MR) is 53.1 cm³/mol. The Morgan fingerprint density at radius 1 is 1.53 bits per heavy atom. The number of likely N-dealkylation sites (tertiary alicyclic amines) is 1. The van der Waals surface area contributed by atoms with E-state index in [1.807, 2.05) is 6.92 Å². The van der Waals surface area contributed by atoms with E-state index in [-0.39, 0.29) is 5.92 Å². The lowest BCUT2D eigenvalue weighted by molar-refractivity contribution is -0.112. The summed E-state index contributed by atoms with van der Waals surface area (Å²) < 4.78 is 5.05. The zero-order chi connectivity index (χ0) is 10.7. The molecule has 2 rings (SSSR count). The van der Waals surface area contributed by atoms with Crippen molar-refractivity contribution in [2.75, 3.05) is 13.1 Å². The van der Waals surface area contributed by atoms with E-state index in [2.05, 4.69) is 15.0 Å². The van der Waals surface area contributed by atoms with Crippen molar-refractivity contribution in [3.8, 4) is 0 Å². The minimum Gasteiger partial charge on any atom is -0.338 e. The quantitative estimate of drug-likeness (QED) is 0.689. The molecule has 1 aliphatic rings. The summed E-state index contributed by atoms with van der Waals surface area (Å²) in [4.78, 5) is 17.0. The monoisotopic (exact) mass is 209 g/mol. The first-order valence-electron chi connectivity index (χ1n) is 5.25. The first-order valence-corrected chi connectivity index (χ1v) is 5.25. The molecule has 0 atom stereocenters. The summed E-state index contributed by atoms with van der Waals surface area (Å²) in [6, 6.07) is 0. The van der Waals surface area contributed by atoms with Crippen molar-refractivity contribution in [2.45, 2.75) is 26.3 Å². The molecule has 0 aliphatic carbocycles. The zero-order valence-electron chi connectivity index (χ0n) is 8.85. The molecule has 82 valence electrons. The van der Waals surface area contributed by atoms with Gasteiger partial charge in [0, 0.05) is 5.92 Å². The number of rotatable bonds is 3. The third-order valence-electron chi connectivity index (χ3n) is 2.75. The number of piperidine rings is 1. The second kappa shape index (κ2) is 4.53. The standard InChI is InChI=1S/C10H15N3O2/c1-8-11-10(15-12-8)6-13-4-2-9(7-14)3-5-13/h7,9H,2-6H2,1H3. The van der Waals surface area contributed by atoms with Crippen LogP contribution in [0, 0.1) is 12.8 Å². The molecule has 0 N–H and O–H groups in total. The Balaban J connectivity index is 1.84. The molecule has 2 heterocycles. The van der Waals surface area contributed by atoms with Gasteiger partial charge in [-0.25, -0.2) is 0 Å². The highest BCUT2D eigenvalue weighted by molar-refractivity contribution is 5.53. The maximum absolute atomic E-state index is 10.6. The van der Waals surface area contributed by atoms with Gasteiger partial charge in [-0.05, 0) is 32.9 Å². The molecule has 5 nitrogen and oxygen atoms in total. The largest absolute Gasteiger partial charge is 0.338 e. The van der Waals surface area contributed by atoms with Gasteiger partial charge in [-0.1, -0.05) is 5.16 Å². The maximum Gasteiger partial charge on any atom is 0.240 e. The first-order chi connectivity index (χ1) is 7.28. The van der Waals surface area contributed by atoms with Crippen molar-refractivity contribution in [1.82, 2.24) is 15.0 Å². The zero-order valence-corrected chi connectivity index (χ0v) is 8.85. The Morgan fingerprint density at radius 2 is 2.27 bits per heavy atom. The van der Waals surface area contributed by atoms with E-state index < -0.39 is 0 Å². The van der Waals surface area contributed by atoms with Crippen molar-refractivity contribution in [1.29, 1.82) is 0 Å². The van der Waals surface area contributed by atoms with E-state index in [1.54, 1.807) is 0 Å². The van der Waals surface area contributed by atoms with Crippen LogP contribution in [-0.4, -0.2) is 34.4 Å². The van der Waals surface area contributed by atoms with Gasteiger partial charge in [0.1, 0.15) is 6.29 Å². The molecule has 0 radical (unpaired) electrons. The molecule has 0 unspecified atom stereocenters. The number of aromatic nitrogens is 2. The molecule has 0 aromatic carbocycles. The Kier molecular flexibility index (Phi) is 3.11. The van der Waals surface area contributed by atoms with Gasteiger partial charge >= 0.3 is 0 Å². The smallest absolute Gasteiger partial charge is 0.240 e. The molecule has 0 saturated carbocycles. The van der Waals surface area contributed by atoms with E-state index >= 15 is 0 Å². The van der Waals surface area contributed by atoms with Crippen LogP contribution in [0.1, 0.15) is 24.6 Å². The molecule has 1 fully saturated rings. The van der Waals surface area contributed by atoms with Crippen LogP contribution in [0.2, 0.25) is 0 Å². The molecule has 1 aromatic rings. The van der Waals surface area contributed by atoms with Gasteiger partial charge in [0.05, 0.1) is 6.54 Å². The van der Waals surface area contributed by atoms with Crippen LogP contribution < -0.4 is 0 Å². The van der Waals surface area contributed by atoms with Crippen molar-refractivity contribution < 1.29 is 9.32 Å². The van der Waals surface area contributed by atoms with Crippen molar-refractivity contribution in [3.05, 3.63) is 11.7 Å². The highest BCUT2D eigenvalue weighted by atomic mass is 16.5.